The monoisotopic (exact) mass is 594 g/mol. The van der Waals surface area contributed by atoms with Crippen LogP contribution >= 0.6 is 7.14 Å². The number of rotatable bonds is 4. The van der Waals surface area contributed by atoms with Crippen molar-refractivity contribution >= 4 is 72.2 Å². The van der Waals surface area contributed by atoms with Gasteiger partial charge >= 0.3 is 0 Å². The van der Waals surface area contributed by atoms with E-state index in [0.29, 0.717) is 0 Å². The van der Waals surface area contributed by atoms with Crippen LogP contribution in [-0.4, -0.2) is 9.38 Å². The lowest BCUT2D eigenvalue weighted by Crippen LogP contribution is -2.24. The van der Waals surface area contributed by atoms with Gasteiger partial charge in [0.1, 0.15) is 5.65 Å². The summed E-state index contributed by atoms with van der Waals surface area (Å²) in [6.07, 6.45) is 0. The van der Waals surface area contributed by atoms with Crippen LogP contribution in [-0.2, 0) is 4.57 Å². The third-order valence-corrected chi connectivity index (χ3v) is 12.1. The Balaban J connectivity index is 1.24. The molecular weight excluding hydrogens is 567 g/mol. The molecule has 3 nitrogen and oxygen atoms in total. The van der Waals surface area contributed by atoms with E-state index in [-0.39, 0.29) is 0 Å². The second-order valence-electron chi connectivity index (χ2n) is 11.6. The third-order valence-electron chi connectivity index (χ3n) is 9.02. The average Bonchev–Trinajstić information content (AvgIpc) is 3.51. The normalized spacial score (nSPS) is 12.1. The molecule has 9 aromatic rings. The van der Waals surface area contributed by atoms with Crippen LogP contribution in [0.4, 0.5) is 0 Å². The molecule has 0 aliphatic rings. The Morgan fingerprint density at radius 1 is 0.444 bits per heavy atom. The molecule has 0 aliphatic carbocycles. The van der Waals surface area contributed by atoms with Gasteiger partial charge in [0.15, 0.2) is 7.14 Å². The number of fused-ring (bicyclic) bond motifs is 9. The van der Waals surface area contributed by atoms with E-state index in [1.807, 2.05) is 72.8 Å². The van der Waals surface area contributed by atoms with Gasteiger partial charge in [0, 0.05) is 26.7 Å². The minimum atomic E-state index is -3.07. The molecular formula is C41H27N2OP. The van der Waals surface area contributed by atoms with Gasteiger partial charge in [0.05, 0.1) is 16.6 Å². The summed E-state index contributed by atoms with van der Waals surface area (Å²) in [5.41, 5.74) is 6.47. The Hall–Kier alpha value is -5.50. The molecule has 2 heterocycles. The molecule has 0 saturated carbocycles. The molecule has 45 heavy (non-hydrogen) atoms. The molecule has 0 fully saturated rings. The van der Waals surface area contributed by atoms with Gasteiger partial charge in [-0.25, -0.2) is 4.98 Å². The van der Waals surface area contributed by atoms with E-state index >= 15 is 4.57 Å². The first kappa shape index (κ1) is 25.9. The predicted molar refractivity (Wildman–Crippen MR) is 190 cm³/mol. The van der Waals surface area contributed by atoms with Gasteiger partial charge in [-0.2, -0.15) is 0 Å². The lowest BCUT2D eigenvalue weighted by molar-refractivity contribution is 0.592. The number of nitrogens with zero attached hydrogens (tertiary/aromatic N) is 2. The first-order valence-electron chi connectivity index (χ1n) is 15.2. The highest BCUT2D eigenvalue weighted by Crippen LogP contribution is 2.43. The largest absolute Gasteiger partial charge is 0.309 e. The van der Waals surface area contributed by atoms with E-state index in [1.165, 1.54) is 10.8 Å². The van der Waals surface area contributed by atoms with Crippen molar-refractivity contribution in [3.8, 4) is 11.1 Å². The standard InChI is InChI=1S/C41H27N2OP/c44-45(32-11-3-1-4-12-32,33-13-5-2-6-14-33)34-23-21-28-19-20-29(25-31(28)26-34)30-22-24-36-37(27-30)35-15-7-9-17-39(35)43-40-18-10-8-16-38(40)42-41(36)43/h1-27H. The Kier molecular flexibility index (Phi) is 5.78. The highest BCUT2D eigenvalue weighted by Gasteiger charge is 2.29. The predicted octanol–water partition coefficient (Wildman–Crippen LogP) is 9.25. The van der Waals surface area contributed by atoms with Crippen molar-refractivity contribution in [1.29, 1.82) is 0 Å². The second-order valence-corrected chi connectivity index (χ2v) is 14.3. The quantitative estimate of drug-likeness (QED) is 0.150. The van der Waals surface area contributed by atoms with Crippen molar-refractivity contribution in [2.75, 3.05) is 0 Å². The van der Waals surface area contributed by atoms with E-state index in [2.05, 4.69) is 95.4 Å². The number of hydrogen-bond donors (Lipinski definition) is 0. The summed E-state index contributed by atoms with van der Waals surface area (Å²) in [6.45, 7) is 0. The fraction of sp³-hybridized carbons (Fsp3) is 0. The van der Waals surface area contributed by atoms with E-state index in [1.54, 1.807) is 0 Å². The van der Waals surface area contributed by atoms with Crippen LogP contribution in [0, 0.1) is 0 Å². The van der Waals surface area contributed by atoms with Crippen LogP contribution in [0.15, 0.2) is 164 Å². The summed E-state index contributed by atoms with van der Waals surface area (Å²) >= 11 is 0. The zero-order valence-corrected chi connectivity index (χ0v) is 25.2. The molecule has 0 radical (unpaired) electrons. The molecule has 212 valence electrons. The molecule has 0 atom stereocenters. The number of benzene rings is 7. The van der Waals surface area contributed by atoms with Gasteiger partial charge < -0.3 is 4.57 Å². The van der Waals surface area contributed by atoms with Crippen molar-refractivity contribution in [3.05, 3.63) is 164 Å². The maximum atomic E-state index is 15.1. The van der Waals surface area contributed by atoms with Crippen LogP contribution in [0.5, 0.6) is 0 Å². The summed E-state index contributed by atoms with van der Waals surface area (Å²) in [5.74, 6) is 0. The first-order chi connectivity index (χ1) is 22.2. The summed E-state index contributed by atoms with van der Waals surface area (Å²) in [5, 5.41) is 8.20. The molecule has 0 unspecified atom stereocenters. The summed E-state index contributed by atoms with van der Waals surface area (Å²) in [7, 11) is -3.07. The number of para-hydroxylation sites is 3. The maximum absolute atomic E-state index is 15.1. The highest BCUT2D eigenvalue weighted by molar-refractivity contribution is 7.85. The van der Waals surface area contributed by atoms with Crippen molar-refractivity contribution in [3.63, 3.8) is 0 Å². The molecule has 7 aromatic carbocycles. The first-order valence-corrected chi connectivity index (χ1v) is 16.9. The molecule has 2 aromatic heterocycles. The molecule has 0 spiro atoms. The lowest BCUT2D eigenvalue weighted by atomic mass is 9.97. The van der Waals surface area contributed by atoms with Crippen LogP contribution in [0.1, 0.15) is 0 Å². The lowest BCUT2D eigenvalue weighted by Gasteiger charge is -2.20. The van der Waals surface area contributed by atoms with Gasteiger partial charge in [-0.1, -0.05) is 121 Å². The van der Waals surface area contributed by atoms with Crippen molar-refractivity contribution < 1.29 is 4.57 Å². The zero-order valence-electron chi connectivity index (χ0n) is 24.3. The van der Waals surface area contributed by atoms with Crippen LogP contribution in [0.25, 0.3) is 60.3 Å². The molecule has 0 saturated heterocycles. The average molecular weight is 595 g/mol. The highest BCUT2D eigenvalue weighted by atomic mass is 31.2. The van der Waals surface area contributed by atoms with Gasteiger partial charge in [-0.15, -0.1) is 0 Å². The van der Waals surface area contributed by atoms with Gasteiger partial charge in [0.25, 0.3) is 0 Å². The second kappa shape index (κ2) is 10.0. The van der Waals surface area contributed by atoms with Crippen molar-refractivity contribution in [2.24, 2.45) is 0 Å². The fourth-order valence-corrected chi connectivity index (χ4v) is 9.50. The van der Waals surface area contributed by atoms with Crippen LogP contribution in [0.2, 0.25) is 0 Å². The molecule has 0 N–H and O–H groups in total. The number of aromatic nitrogens is 2. The van der Waals surface area contributed by atoms with Crippen LogP contribution in [0.3, 0.4) is 0 Å². The topological polar surface area (TPSA) is 34.4 Å². The Labute approximate surface area is 260 Å². The van der Waals surface area contributed by atoms with Gasteiger partial charge in [-0.05, 0) is 69.8 Å². The zero-order chi connectivity index (χ0) is 30.0. The molecule has 4 heteroatoms. The van der Waals surface area contributed by atoms with E-state index < -0.39 is 7.14 Å². The Morgan fingerprint density at radius 2 is 1.07 bits per heavy atom. The van der Waals surface area contributed by atoms with E-state index in [4.69, 9.17) is 4.98 Å². The van der Waals surface area contributed by atoms with E-state index in [0.717, 1.165) is 65.4 Å². The molecule has 9 rings (SSSR count). The minimum Gasteiger partial charge on any atom is -0.309 e. The van der Waals surface area contributed by atoms with Gasteiger partial charge in [-0.3, -0.25) is 4.40 Å². The minimum absolute atomic E-state index is 0.836. The SMILES string of the molecule is O=P(c1ccccc1)(c1ccccc1)c1ccc2ccc(-c3ccc4c(c3)c3ccccc3n3c5ccccc5nc43)cc2c1. The van der Waals surface area contributed by atoms with Gasteiger partial charge in [0.2, 0.25) is 0 Å². The number of hydrogen-bond acceptors (Lipinski definition) is 2. The fourth-order valence-electron chi connectivity index (χ4n) is 6.82. The molecule has 0 bridgehead atoms. The maximum Gasteiger partial charge on any atom is 0.171 e. The molecule has 0 aliphatic heterocycles. The third kappa shape index (κ3) is 3.98. The van der Waals surface area contributed by atoms with E-state index in [9.17, 15) is 0 Å². The van der Waals surface area contributed by atoms with Crippen LogP contribution < -0.4 is 15.9 Å². The number of pyridine rings is 1. The van der Waals surface area contributed by atoms with Crippen molar-refractivity contribution in [2.45, 2.75) is 0 Å². The summed E-state index contributed by atoms with van der Waals surface area (Å²) in [6, 6.07) is 56.2. The van der Waals surface area contributed by atoms with Crippen molar-refractivity contribution in [1.82, 2.24) is 9.38 Å². The molecule has 0 amide bonds. The smallest absolute Gasteiger partial charge is 0.171 e. The summed E-state index contributed by atoms with van der Waals surface area (Å²) < 4.78 is 17.3. The summed E-state index contributed by atoms with van der Waals surface area (Å²) in [4.78, 5) is 5.06. The Bertz CT molecular complexity index is 2580. The Morgan fingerprint density at radius 3 is 1.84 bits per heavy atom. The number of imidazole rings is 1.